The SMILES string of the molecule is CCCN(CC(=O)Nc1ccccc1C)C(=O)C[C@@H]1c2ccccc2C=CN1C(C)=O. The molecule has 1 aliphatic rings. The van der Waals surface area contributed by atoms with E-state index in [1.807, 2.05) is 68.5 Å². The summed E-state index contributed by atoms with van der Waals surface area (Å²) in [5, 5.41) is 2.89. The molecule has 0 saturated carbocycles. The number of fused-ring (bicyclic) bond motifs is 1. The van der Waals surface area contributed by atoms with E-state index in [0.717, 1.165) is 28.8 Å². The molecule has 3 rings (SSSR count). The van der Waals surface area contributed by atoms with Gasteiger partial charge in [0.15, 0.2) is 0 Å². The fraction of sp³-hybridized carbons (Fsp3) is 0.320. The minimum Gasteiger partial charge on any atom is -0.333 e. The number of nitrogens with zero attached hydrogens (tertiary/aromatic N) is 2. The lowest BCUT2D eigenvalue weighted by Gasteiger charge is -2.33. The van der Waals surface area contributed by atoms with E-state index in [0.29, 0.717) is 6.54 Å². The number of amides is 3. The van der Waals surface area contributed by atoms with Crippen LogP contribution in [0.1, 0.15) is 49.4 Å². The molecule has 1 aliphatic heterocycles. The maximum atomic E-state index is 13.2. The molecular weight excluding hydrogens is 390 g/mol. The Balaban J connectivity index is 1.75. The van der Waals surface area contributed by atoms with Gasteiger partial charge in [-0.25, -0.2) is 0 Å². The van der Waals surface area contributed by atoms with E-state index < -0.39 is 0 Å². The van der Waals surface area contributed by atoms with Crippen LogP contribution in [-0.4, -0.2) is 40.6 Å². The number of anilines is 1. The minimum atomic E-state index is -0.384. The topological polar surface area (TPSA) is 69.7 Å². The van der Waals surface area contributed by atoms with Gasteiger partial charge in [0.2, 0.25) is 17.7 Å². The van der Waals surface area contributed by atoms with Crippen LogP contribution in [0.5, 0.6) is 0 Å². The molecule has 0 spiro atoms. The summed E-state index contributed by atoms with van der Waals surface area (Å²) in [6.07, 6.45) is 4.48. The van der Waals surface area contributed by atoms with Gasteiger partial charge in [0.25, 0.3) is 0 Å². The Morgan fingerprint density at radius 2 is 1.77 bits per heavy atom. The zero-order chi connectivity index (χ0) is 22.4. The Morgan fingerprint density at radius 1 is 1.06 bits per heavy atom. The average Bonchev–Trinajstić information content (AvgIpc) is 2.75. The lowest BCUT2D eigenvalue weighted by Crippen LogP contribution is -2.41. The molecule has 162 valence electrons. The van der Waals surface area contributed by atoms with Crippen molar-refractivity contribution in [3.8, 4) is 0 Å². The van der Waals surface area contributed by atoms with Crippen molar-refractivity contribution in [3.05, 3.63) is 71.4 Å². The predicted octanol–water partition coefficient (Wildman–Crippen LogP) is 4.14. The molecule has 1 heterocycles. The quantitative estimate of drug-likeness (QED) is 0.733. The van der Waals surface area contributed by atoms with Gasteiger partial charge in [0.05, 0.1) is 19.0 Å². The zero-order valence-electron chi connectivity index (χ0n) is 18.3. The van der Waals surface area contributed by atoms with E-state index in [9.17, 15) is 14.4 Å². The third-order valence-electron chi connectivity index (χ3n) is 5.44. The zero-order valence-corrected chi connectivity index (χ0v) is 18.3. The first-order valence-corrected chi connectivity index (χ1v) is 10.6. The van der Waals surface area contributed by atoms with Crippen LogP contribution in [0.4, 0.5) is 5.69 Å². The van der Waals surface area contributed by atoms with Crippen LogP contribution in [0.25, 0.3) is 6.08 Å². The summed E-state index contributed by atoms with van der Waals surface area (Å²) in [5.74, 6) is -0.505. The van der Waals surface area contributed by atoms with Crippen LogP contribution in [0.15, 0.2) is 54.7 Å². The van der Waals surface area contributed by atoms with E-state index in [1.165, 1.54) is 6.92 Å². The fourth-order valence-corrected chi connectivity index (χ4v) is 3.85. The first-order chi connectivity index (χ1) is 14.9. The van der Waals surface area contributed by atoms with Crippen molar-refractivity contribution >= 4 is 29.5 Å². The number of nitrogens with one attached hydrogen (secondary N) is 1. The number of rotatable bonds is 7. The Morgan fingerprint density at radius 3 is 2.48 bits per heavy atom. The van der Waals surface area contributed by atoms with Gasteiger partial charge in [0.1, 0.15) is 0 Å². The maximum absolute atomic E-state index is 13.2. The third kappa shape index (κ3) is 5.40. The summed E-state index contributed by atoms with van der Waals surface area (Å²) in [5.41, 5.74) is 3.64. The van der Waals surface area contributed by atoms with Crippen LogP contribution >= 0.6 is 0 Å². The molecule has 0 aromatic heterocycles. The molecule has 0 unspecified atom stereocenters. The van der Waals surface area contributed by atoms with Crippen molar-refractivity contribution < 1.29 is 14.4 Å². The second-order valence-electron chi connectivity index (χ2n) is 7.77. The molecule has 0 saturated heterocycles. The van der Waals surface area contributed by atoms with Gasteiger partial charge in [0, 0.05) is 25.4 Å². The molecule has 2 aromatic rings. The van der Waals surface area contributed by atoms with Crippen LogP contribution < -0.4 is 5.32 Å². The van der Waals surface area contributed by atoms with Gasteiger partial charge in [-0.05, 0) is 42.2 Å². The summed E-state index contributed by atoms with van der Waals surface area (Å²) >= 11 is 0. The molecule has 3 amide bonds. The Bertz CT molecular complexity index is 999. The summed E-state index contributed by atoms with van der Waals surface area (Å²) in [6.45, 7) is 5.85. The molecule has 6 nitrogen and oxygen atoms in total. The normalized spacial score (nSPS) is 14.7. The van der Waals surface area contributed by atoms with Crippen molar-refractivity contribution in [2.75, 3.05) is 18.4 Å². The van der Waals surface area contributed by atoms with Crippen molar-refractivity contribution in [3.63, 3.8) is 0 Å². The van der Waals surface area contributed by atoms with Crippen LogP contribution in [0.2, 0.25) is 0 Å². The minimum absolute atomic E-state index is 0.0225. The molecule has 0 bridgehead atoms. The molecule has 1 atom stereocenters. The second kappa shape index (κ2) is 10.1. The highest BCUT2D eigenvalue weighted by Crippen LogP contribution is 2.33. The monoisotopic (exact) mass is 419 g/mol. The number of carbonyl (C=O) groups excluding carboxylic acids is 3. The number of para-hydroxylation sites is 1. The molecular formula is C25H29N3O3. The van der Waals surface area contributed by atoms with E-state index in [2.05, 4.69) is 5.32 Å². The molecule has 6 heteroatoms. The number of hydrogen-bond acceptors (Lipinski definition) is 3. The van der Waals surface area contributed by atoms with Gasteiger partial charge in [-0.3, -0.25) is 14.4 Å². The first kappa shape index (κ1) is 22.3. The van der Waals surface area contributed by atoms with Gasteiger partial charge in [-0.1, -0.05) is 49.4 Å². The predicted molar refractivity (Wildman–Crippen MR) is 122 cm³/mol. The smallest absolute Gasteiger partial charge is 0.244 e. The average molecular weight is 420 g/mol. The summed E-state index contributed by atoms with van der Waals surface area (Å²) in [6, 6.07) is 14.9. The molecule has 1 N–H and O–H groups in total. The van der Waals surface area contributed by atoms with Crippen LogP contribution in [0.3, 0.4) is 0 Å². The van der Waals surface area contributed by atoms with Crippen LogP contribution in [0, 0.1) is 6.92 Å². The highest BCUT2D eigenvalue weighted by Gasteiger charge is 2.30. The highest BCUT2D eigenvalue weighted by molar-refractivity contribution is 5.95. The fourth-order valence-electron chi connectivity index (χ4n) is 3.85. The highest BCUT2D eigenvalue weighted by atomic mass is 16.2. The largest absolute Gasteiger partial charge is 0.333 e. The van der Waals surface area contributed by atoms with Gasteiger partial charge >= 0.3 is 0 Å². The van der Waals surface area contributed by atoms with E-state index in [-0.39, 0.29) is 36.7 Å². The summed E-state index contributed by atoms with van der Waals surface area (Å²) < 4.78 is 0. The summed E-state index contributed by atoms with van der Waals surface area (Å²) in [4.78, 5) is 41.2. The van der Waals surface area contributed by atoms with Crippen LogP contribution in [-0.2, 0) is 14.4 Å². The first-order valence-electron chi connectivity index (χ1n) is 10.6. The third-order valence-corrected chi connectivity index (χ3v) is 5.44. The summed E-state index contributed by atoms with van der Waals surface area (Å²) in [7, 11) is 0. The second-order valence-corrected chi connectivity index (χ2v) is 7.77. The van der Waals surface area contributed by atoms with E-state index >= 15 is 0 Å². The van der Waals surface area contributed by atoms with Crippen molar-refractivity contribution in [2.45, 2.75) is 39.7 Å². The number of aryl methyl sites for hydroxylation is 1. The van der Waals surface area contributed by atoms with Gasteiger partial charge in [-0.2, -0.15) is 0 Å². The molecule has 0 fully saturated rings. The maximum Gasteiger partial charge on any atom is 0.244 e. The molecule has 0 radical (unpaired) electrons. The Hall–Kier alpha value is -3.41. The van der Waals surface area contributed by atoms with Crippen molar-refractivity contribution in [1.29, 1.82) is 0 Å². The van der Waals surface area contributed by atoms with Crippen molar-refractivity contribution in [2.24, 2.45) is 0 Å². The Kier molecular flexibility index (Phi) is 7.23. The number of benzene rings is 2. The van der Waals surface area contributed by atoms with E-state index in [1.54, 1.807) is 16.0 Å². The number of carbonyl (C=O) groups is 3. The standard InChI is InChI=1S/C25H29N3O3/c1-4-14-27(17-24(30)26-22-12-8-5-9-18(22)2)25(31)16-23-21-11-7-6-10-20(21)13-15-28(23)19(3)29/h5-13,15,23H,4,14,16-17H2,1-3H3,(H,26,30)/t23-/m1/s1. The molecule has 0 aliphatic carbocycles. The Labute approximate surface area is 183 Å². The van der Waals surface area contributed by atoms with E-state index in [4.69, 9.17) is 0 Å². The molecule has 31 heavy (non-hydrogen) atoms. The lowest BCUT2D eigenvalue weighted by atomic mass is 9.93. The van der Waals surface area contributed by atoms with Gasteiger partial charge in [-0.15, -0.1) is 0 Å². The van der Waals surface area contributed by atoms with Crippen molar-refractivity contribution in [1.82, 2.24) is 9.80 Å². The van der Waals surface area contributed by atoms with Gasteiger partial charge < -0.3 is 15.1 Å². The number of hydrogen-bond donors (Lipinski definition) is 1. The lowest BCUT2D eigenvalue weighted by molar-refractivity contribution is -0.137. The molecule has 2 aromatic carbocycles.